The standard InChI is InChI=1S/C19H30OSi/c1-6-7-11-18(14-17(3)20)16(2)15-21(4,5)19-12-9-8-10-13-19/h8-10,12-13,18H,2,6-7,11,14-15H2,1,3-5H3. The summed E-state index contributed by atoms with van der Waals surface area (Å²) >= 11 is 0. The molecule has 116 valence electrons. The van der Waals surface area contributed by atoms with Crippen molar-refractivity contribution in [3.05, 3.63) is 42.5 Å². The minimum absolute atomic E-state index is 0.288. The van der Waals surface area contributed by atoms with Gasteiger partial charge in [0.05, 0.1) is 8.07 Å². The maximum Gasteiger partial charge on any atom is 0.130 e. The van der Waals surface area contributed by atoms with Crippen LogP contribution in [0.4, 0.5) is 0 Å². The molecule has 0 aliphatic heterocycles. The maximum absolute atomic E-state index is 11.5. The van der Waals surface area contributed by atoms with E-state index in [1.807, 2.05) is 0 Å². The van der Waals surface area contributed by atoms with Crippen molar-refractivity contribution in [2.24, 2.45) is 5.92 Å². The minimum atomic E-state index is -1.51. The third-order valence-electron chi connectivity index (χ3n) is 4.24. The number of unbranched alkanes of at least 4 members (excludes halogenated alkanes) is 1. The smallest absolute Gasteiger partial charge is 0.130 e. The first-order chi connectivity index (χ1) is 9.86. The minimum Gasteiger partial charge on any atom is -0.300 e. The Morgan fingerprint density at radius 1 is 1.24 bits per heavy atom. The first kappa shape index (κ1) is 17.9. The third kappa shape index (κ3) is 6.00. The Hall–Kier alpha value is -1.15. The van der Waals surface area contributed by atoms with Gasteiger partial charge >= 0.3 is 0 Å². The average Bonchev–Trinajstić information content (AvgIpc) is 2.43. The van der Waals surface area contributed by atoms with Gasteiger partial charge in [-0.05, 0) is 25.3 Å². The molecule has 0 aliphatic rings. The lowest BCUT2D eigenvalue weighted by molar-refractivity contribution is -0.117. The molecular weight excluding hydrogens is 272 g/mol. The highest BCUT2D eigenvalue weighted by molar-refractivity contribution is 6.90. The zero-order valence-electron chi connectivity index (χ0n) is 14.1. The molecule has 0 fully saturated rings. The number of Topliss-reactive ketones (excluding diaryl/α,β-unsaturated/α-hetero) is 1. The molecule has 1 aromatic carbocycles. The zero-order valence-corrected chi connectivity index (χ0v) is 15.1. The fourth-order valence-corrected chi connectivity index (χ4v) is 5.67. The van der Waals surface area contributed by atoms with E-state index in [1.54, 1.807) is 6.92 Å². The van der Waals surface area contributed by atoms with Crippen LogP contribution in [-0.2, 0) is 4.79 Å². The van der Waals surface area contributed by atoms with E-state index in [2.05, 4.69) is 56.9 Å². The number of hydrogen-bond donors (Lipinski definition) is 0. The average molecular weight is 303 g/mol. The number of carbonyl (C=O) groups excluding carboxylic acids is 1. The Kier molecular flexibility index (Phi) is 7.10. The van der Waals surface area contributed by atoms with Gasteiger partial charge in [0.25, 0.3) is 0 Å². The van der Waals surface area contributed by atoms with E-state index < -0.39 is 8.07 Å². The van der Waals surface area contributed by atoms with Gasteiger partial charge in [0, 0.05) is 6.42 Å². The highest BCUT2D eigenvalue weighted by Crippen LogP contribution is 2.28. The lowest BCUT2D eigenvalue weighted by Crippen LogP contribution is -2.41. The molecule has 1 unspecified atom stereocenters. The second-order valence-electron chi connectivity index (χ2n) is 6.83. The van der Waals surface area contributed by atoms with Crippen LogP contribution in [0.3, 0.4) is 0 Å². The largest absolute Gasteiger partial charge is 0.300 e. The summed E-state index contributed by atoms with van der Waals surface area (Å²) in [5.41, 5.74) is 1.29. The molecule has 0 heterocycles. The Balaban J connectivity index is 2.77. The summed E-state index contributed by atoms with van der Waals surface area (Å²) < 4.78 is 0. The van der Waals surface area contributed by atoms with Gasteiger partial charge < -0.3 is 4.79 Å². The van der Waals surface area contributed by atoms with Crippen molar-refractivity contribution in [2.75, 3.05) is 0 Å². The molecule has 0 amide bonds. The molecule has 1 nitrogen and oxygen atoms in total. The van der Waals surface area contributed by atoms with Gasteiger partial charge in [-0.25, -0.2) is 0 Å². The molecule has 0 aliphatic carbocycles. The Labute approximate surface area is 131 Å². The van der Waals surface area contributed by atoms with Crippen molar-refractivity contribution in [2.45, 2.75) is 58.7 Å². The molecular formula is C19H30OSi. The molecule has 1 aromatic rings. The molecule has 0 radical (unpaired) electrons. The summed E-state index contributed by atoms with van der Waals surface area (Å²) in [6.07, 6.45) is 4.14. The first-order valence-electron chi connectivity index (χ1n) is 8.09. The number of ketones is 1. The number of rotatable bonds is 9. The van der Waals surface area contributed by atoms with Gasteiger partial charge in [0.2, 0.25) is 0 Å². The lowest BCUT2D eigenvalue weighted by Gasteiger charge is -2.28. The first-order valence-corrected chi connectivity index (χ1v) is 11.3. The summed E-state index contributed by atoms with van der Waals surface area (Å²) in [6, 6.07) is 11.9. The van der Waals surface area contributed by atoms with Crippen LogP contribution >= 0.6 is 0 Å². The molecule has 0 saturated carbocycles. The van der Waals surface area contributed by atoms with Gasteiger partial charge in [-0.3, -0.25) is 0 Å². The molecule has 1 atom stereocenters. The van der Waals surface area contributed by atoms with Gasteiger partial charge in [-0.2, -0.15) is 0 Å². The molecule has 0 aromatic heterocycles. The SMILES string of the molecule is C=C(C[Si](C)(C)c1ccccc1)C(CCCC)CC(C)=O. The topological polar surface area (TPSA) is 17.1 Å². The molecule has 0 N–H and O–H groups in total. The van der Waals surface area contributed by atoms with Crippen LogP contribution in [-0.4, -0.2) is 13.9 Å². The number of carbonyl (C=O) groups is 1. The van der Waals surface area contributed by atoms with E-state index >= 15 is 0 Å². The number of hydrogen-bond acceptors (Lipinski definition) is 1. The zero-order chi connectivity index (χ0) is 15.9. The lowest BCUT2D eigenvalue weighted by atomic mass is 9.91. The summed E-state index contributed by atoms with van der Waals surface area (Å²) in [5, 5.41) is 1.48. The number of allylic oxidation sites excluding steroid dienone is 1. The summed E-state index contributed by atoms with van der Waals surface area (Å²) in [6.45, 7) is 13.1. The van der Waals surface area contributed by atoms with Crippen molar-refractivity contribution < 1.29 is 4.79 Å². The van der Waals surface area contributed by atoms with Crippen LogP contribution in [0.1, 0.15) is 39.5 Å². The van der Waals surface area contributed by atoms with E-state index in [1.165, 1.54) is 23.6 Å². The summed E-state index contributed by atoms with van der Waals surface area (Å²) in [5.74, 6) is 0.661. The second-order valence-corrected chi connectivity index (χ2v) is 11.5. The summed E-state index contributed by atoms with van der Waals surface area (Å²) in [4.78, 5) is 11.5. The normalized spacial score (nSPS) is 13.0. The van der Waals surface area contributed by atoms with Crippen LogP contribution in [0.2, 0.25) is 19.1 Å². The van der Waals surface area contributed by atoms with Crippen molar-refractivity contribution in [3.8, 4) is 0 Å². The highest BCUT2D eigenvalue weighted by Gasteiger charge is 2.27. The molecule has 1 rings (SSSR count). The van der Waals surface area contributed by atoms with Gasteiger partial charge in [0.1, 0.15) is 5.78 Å². The van der Waals surface area contributed by atoms with Crippen LogP contribution in [0.5, 0.6) is 0 Å². The Bertz CT molecular complexity index is 462. The number of benzene rings is 1. The fraction of sp³-hybridized carbons (Fsp3) is 0.526. The maximum atomic E-state index is 11.5. The van der Waals surface area contributed by atoms with Crippen LogP contribution in [0, 0.1) is 5.92 Å². The van der Waals surface area contributed by atoms with Crippen molar-refractivity contribution in [3.63, 3.8) is 0 Å². The molecule has 21 heavy (non-hydrogen) atoms. The fourth-order valence-electron chi connectivity index (χ4n) is 2.95. The van der Waals surface area contributed by atoms with Crippen molar-refractivity contribution in [1.82, 2.24) is 0 Å². The predicted octanol–water partition coefficient (Wildman–Crippen LogP) is 4.94. The summed E-state index contributed by atoms with van der Waals surface area (Å²) in [7, 11) is -1.51. The second kappa shape index (κ2) is 8.33. The van der Waals surface area contributed by atoms with Crippen LogP contribution < -0.4 is 5.19 Å². The van der Waals surface area contributed by atoms with Crippen molar-refractivity contribution in [1.29, 1.82) is 0 Å². The molecule has 2 heteroatoms. The monoisotopic (exact) mass is 302 g/mol. The molecule has 0 bridgehead atoms. The Morgan fingerprint density at radius 2 is 1.86 bits per heavy atom. The highest BCUT2D eigenvalue weighted by atomic mass is 28.3. The Morgan fingerprint density at radius 3 is 2.38 bits per heavy atom. The van der Waals surface area contributed by atoms with Gasteiger partial charge in [-0.15, -0.1) is 0 Å². The van der Waals surface area contributed by atoms with E-state index in [-0.39, 0.29) is 5.78 Å². The quantitative estimate of drug-likeness (QED) is 0.466. The van der Waals surface area contributed by atoms with E-state index in [4.69, 9.17) is 0 Å². The molecule has 0 saturated heterocycles. The van der Waals surface area contributed by atoms with Gasteiger partial charge in [-0.1, -0.05) is 80.5 Å². The van der Waals surface area contributed by atoms with E-state index in [0.29, 0.717) is 12.3 Å². The van der Waals surface area contributed by atoms with Crippen LogP contribution in [0.15, 0.2) is 42.5 Å². The van der Waals surface area contributed by atoms with Crippen LogP contribution in [0.25, 0.3) is 0 Å². The third-order valence-corrected chi connectivity index (χ3v) is 7.48. The predicted molar refractivity (Wildman–Crippen MR) is 95.8 cm³/mol. The van der Waals surface area contributed by atoms with Crippen molar-refractivity contribution >= 4 is 19.0 Å². The van der Waals surface area contributed by atoms with E-state index in [9.17, 15) is 4.79 Å². The van der Waals surface area contributed by atoms with Gasteiger partial charge in [0.15, 0.2) is 0 Å². The molecule has 0 spiro atoms. The van der Waals surface area contributed by atoms with E-state index in [0.717, 1.165) is 12.5 Å².